The molecule has 0 aromatic heterocycles. The predicted octanol–water partition coefficient (Wildman–Crippen LogP) is 3.32. The predicted molar refractivity (Wildman–Crippen MR) is 109 cm³/mol. The van der Waals surface area contributed by atoms with E-state index >= 15 is 0 Å². The summed E-state index contributed by atoms with van der Waals surface area (Å²) in [5, 5.41) is 2.83. The Labute approximate surface area is 173 Å². The second-order valence-corrected chi connectivity index (χ2v) is 7.18. The van der Waals surface area contributed by atoms with Crippen LogP contribution in [0.25, 0.3) is 0 Å². The summed E-state index contributed by atoms with van der Waals surface area (Å²) in [6, 6.07) is 10.1. The molecule has 6 nitrogen and oxygen atoms in total. The monoisotopic (exact) mass is 415 g/mol. The number of nitrogens with one attached hydrogen (secondary N) is 1. The summed E-state index contributed by atoms with van der Waals surface area (Å²) in [5.41, 5.74) is 1.28. The largest absolute Gasteiger partial charge is 0.339 e. The van der Waals surface area contributed by atoms with Crippen molar-refractivity contribution in [2.24, 2.45) is 5.92 Å². The van der Waals surface area contributed by atoms with Gasteiger partial charge >= 0.3 is 0 Å². The van der Waals surface area contributed by atoms with Crippen LogP contribution in [0.15, 0.2) is 42.5 Å². The number of carbonyl (C=O) groups excluding carboxylic acids is 3. The fourth-order valence-corrected chi connectivity index (χ4v) is 3.48. The van der Waals surface area contributed by atoms with Crippen LogP contribution in [0.2, 0.25) is 0 Å². The molecular formula is C22H23F2N3O3. The van der Waals surface area contributed by atoms with Gasteiger partial charge in [0.1, 0.15) is 11.6 Å². The highest BCUT2D eigenvalue weighted by Gasteiger charge is 2.36. The number of hydrogen-bond acceptors (Lipinski definition) is 3. The Morgan fingerprint density at radius 2 is 1.93 bits per heavy atom. The van der Waals surface area contributed by atoms with Gasteiger partial charge in [0.05, 0.1) is 11.6 Å². The molecular weight excluding hydrogens is 392 g/mol. The summed E-state index contributed by atoms with van der Waals surface area (Å²) in [4.78, 5) is 39.7. The van der Waals surface area contributed by atoms with E-state index in [-0.39, 0.29) is 30.5 Å². The summed E-state index contributed by atoms with van der Waals surface area (Å²) in [6.07, 6.45) is -0.0701. The molecule has 1 aliphatic rings. The van der Waals surface area contributed by atoms with Crippen LogP contribution in [0.4, 0.5) is 20.2 Å². The molecule has 0 bridgehead atoms. The van der Waals surface area contributed by atoms with Crippen molar-refractivity contribution in [2.75, 3.05) is 23.3 Å². The van der Waals surface area contributed by atoms with Crippen molar-refractivity contribution in [1.29, 1.82) is 0 Å². The van der Waals surface area contributed by atoms with Crippen molar-refractivity contribution in [2.45, 2.75) is 26.8 Å². The number of carbonyl (C=O) groups is 3. The van der Waals surface area contributed by atoms with Gasteiger partial charge in [-0.05, 0) is 30.7 Å². The first-order valence-corrected chi connectivity index (χ1v) is 9.69. The van der Waals surface area contributed by atoms with E-state index in [9.17, 15) is 23.2 Å². The highest BCUT2D eigenvalue weighted by atomic mass is 19.1. The van der Waals surface area contributed by atoms with Gasteiger partial charge in [-0.15, -0.1) is 0 Å². The van der Waals surface area contributed by atoms with Crippen molar-refractivity contribution < 1.29 is 23.2 Å². The van der Waals surface area contributed by atoms with E-state index in [1.807, 2.05) is 19.1 Å². The third-order valence-electron chi connectivity index (χ3n) is 5.16. The van der Waals surface area contributed by atoms with E-state index in [1.165, 1.54) is 17.9 Å². The van der Waals surface area contributed by atoms with Crippen LogP contribution in [0.3, 0.4) is 0 Å². The SMILES string of the molecule is CCN(Cc1ccccc1NC(=O)C1CC(=O)N(c2ccc(F)cc2F)C1)C(C)=O. The lowest BCUT2D eigenvalue weighted by molar-refractivity contribution is -0.129. The molecule has 158 valence electrons. The smallest absolute Gasteiger partial charge is 0.229 e. The van der Waals surface area contributed by atoms with Gasteiger partial charge in [-0.3, -0.25) is 14.4 Å². The first-order valence-electron chi connectivity index (χ1n) is 9.69. The average molecular weight is 415 g/mol. The summed E-state index contributed by atoms with van der Waals surface area (Å²) in [5.74, 6) is -3.10. The molecule has 3 rings (SSSR count). The van der Waals surface area contributed by atoms with Gasteiger partial charge in [-0.2, -0.15) is 0 Å². The van der Waals surface area contributed by atoms with Crippen LogP contribution in [0.1, 0.15) is 25.8 Å². The van der Waals surface area contributed by atoms with E-state index in [0.717, 1.165) is 11.6 Å². The number of benzene rings is 2. The summed E-state index contributed by atoms with van der Waals surface area (Å²) >= 11 is 0. The number of halogens is 2. The Bertz CT molecular complexity index is 980. The zero-order chi connectivity index (χ0) is 21.8. The van der Waals surface area contributed by atoms with E-state index < -0.39 is 23.5 Å². The van der Waals surface area contributed by atoms with Crippen LogP contribution in [-0.2, 0) is 20.9 Å². The molecule has 1 atom stereocenters. The van der Waals surface area contributed by atoms with Gasteiger partial charge in [0.25, 0.3) is 0 Å². The van der Waals surface area contributed by atoms with Gasteiger partial charge in [-0.25, -0.2) is 8.78 Å². The van der Waals surface area contributed by atoms with Gasteiger partial charge in [0, 0.05) is 44.7 Å². The van der Waals surface area contributed by atoms with E-state index in [2.05, 4.69) is 5.32 Å². The lowest BCUT2D eigenvalue weighted by atomic mass is 10.1. The molecule has 1 aliphatic heterocycles. The third-order valence-corrected chi connectivity index (χ3v) is 5.16. The minimum atomic E-state index is -0.848. The first kappa shape index (κ1) is 21.4. The van der Waals surface area contributed by atoms with Gasteiger partial charge in [-0.1, -0.05) is 18.2 Å². The minimum absolute atomic E-state index is 0.00389. The molecule has 1 fully saturated rings. The third kappa shape index (κ3) is 4.64. The highest BCUT2D eigenvalue weighted by Crippen LogP contribution is 2.29. The van der Waals surface area contributed by atoms with Crippen molar-refractivity contribution >= 4 is 29.1 Å². The Balaban J connectivity index is 1.73. The van der Waals surface area contributed by atoms with Crippen molar-refractivity contribution in [3.63, 3.8) is 0 Å². The van der Waals surface area contributed by atoms with E-state index in [1.54, 1.807) is 17.0 Å². The number of rotatable bonds is 6. The second-order valence-electron chi connectivity index (χ2n) is 7.18. The Hall–Kier alpha value is -3.29. The molecule has 1 saturated heterocycles. The molecule has 0 saturated carbocycles. The quantitative estimate of drug-likeness (QED) is 0.787. The molecule has 2 aromatic rings. The zero-order valence-electron chi connectivity index (χ0n) is 16.8. The molecule has 2 aromatic carbocycles. The maximum atomic E-state index is 14.1. The number of nitrogens with zero attached hydrogens (tertiary/aromatic N) is 2. The van der Waals surface area contributed by atoms with Crippen LogP contribution >= 0.6 is 0 Å². The van der Waals surface area contributed by atoms with Crippen LogP contribution in [0, 0.1) is 17.6 Å². The molecule has 1 heterocycles. The van der Waals surface area contributed by atoms with Crippen LogP contribution in [0.5, 0.6) is 0 Å². The average Bonchev–Trinajstić information content (AvgIpc) is 3.08. The molecule has 3 amide bonds. The minimum Gasteiger partial charge on any atom is -0.339 e. The van der Waals surface area contributed by atoms with E-state index in [4.69, 9.17) is 0 Å². The van der Waals surface area contributed by atoms with Gasteiger partial charge in [0.2, 0.25) is 17.7 Å². The number of anilines is 2. The van der Waals surface area contributed by atoms with Gasteiger partial charge in [0.15, 0.2) is 0 Å². The Morgan fingerprint density at radius 3 is 2.60 bits per heavy atom. The molecule has 0 aliphatic carbocycles. The lowest BCUT2D eigenvalue weighted by Crippen LogP contribution is -2.30. The van der Waals surface area contributed by atoms with E-state index in [0.29, 0.717) is 24.8 Å². The first-order chi connectivity index (χ1) is 14.3. The normalized spacial score (nSPS) is 15.9. The standard InChI is InChI=1S/C22H23F2N3O3/c1-3-26(14(2)28)12-15-6-4-5-7-19(15)25-22(30)16-10-21(29)27(13-16)20-9-8-17(23)11-18(20)24/h4-9,11,16H,3,10,12-13H2,1-2H3,(H,25,30). The highest BCUT2D eigenvalue weighted by molar-refractivity contribution is 6.03. The lowest BCUT2D eigenvalue weighted by Gasteiger charge is -2.21. The Kier molecular flexibility index (Phi) is 6.44. The molecule has 8 heteroatoms. The maximum absolute atomic E-state index is 14.1. The molecule has 1 unspecified atom stereocenters. The topological polar surface area (TPSA) is 69.7 Å². The molecule has 1 N–H and O–H groups in total. The summed E-state index contributed by atoms with van der Waals surface area (Å²) in [6.45, 7) is 4.24. The summed E-state index contributed by atoms with van der Waals surface area (Å²) in [7, 11) is 0. The molecule has 30 heavy (non-hydrogen) atoms. The molecule has 0 spiro atoms. The van der Waals surface area contributed by atoms with Crippen molar-refractivity contribution in [1.82, 2.24) is 4.90 Å². The van der Waals surface area contributed by atoms with Crippen molar-refractivity contribution in [3.05, 3.63) is 59.7 Å². The number of para-hydroxylation sites is 1. The Morgan fingerprint density at radius 1 is 1.20 bits per heavy atom. The van der Waals surface area contributed by atoms with Crippen LogP contribution < -0.4 is 10.2 Å². The fourth-order valence-electron chi connectivity index (χ4n) is 3.48. The van der Waals surface area contributed by atoms with Crippen molar-refractivity contribution in [3.8, 4) is 0 Å². The maximum Gasteiger partial charge on any atom is 0.229 e. The zero-order valence-corrected chi connectivity index (χ0v) is 16.8. The second kappa shape index (κ2) is 9.02. The number of hydrogen-bond donors (Lipinski definition) is 1. The van der Waals surface area contributed by atoms with Gasteiger partial charge < -0.3 is 15.1 Å². The molecule has 0 radical (unpaired) electrons. The summed E-state index contributed by atoms with van der Waals surface area (Å²) < 4.78 is 27.2. The van der Waals surface area contributed by atoms with Crippen LogP contribution in [-0.4, -0.2) is 35.7 Å². The fraction of sp³-hybridized carbons (Fsp3) is 0.318. The number of amides is 3.